The molecule has 2 N–H and O–H groups in total. The summed E-state index contributed by atoms with van der Waals surface area (Å²) in [5, 5.41) is 0. The smallest absolute Gasteiger partial charge is 0.231 e. The fourth-order valence-electron chi connectivity index (χ4n) is 3.34. The van der Waals surface area contributed by atoms with Gasteiger partial charge in [0.25, 0.3) is 0 Å². The van der Waals surface area contributed by atoms with Gasteiger partial charge in [0.15, 0.2) is 0 Å². The highest BCUT2D eigenvalue weighted by molar-refractivity contribution is 7.99. The minimum Gasteiger partial charge on any atom is -0.338 e. The summed E-state index contributed by atoms with van der Waals surface area (Å²) < 4.78 is 0. The number of amides is 1. The lowest BCUT2D eigenvalue weighted by Crippen LogP contribution is -2.53. The van der Waals surface area contributed by atoms with E-state index in [9.17, 15) is 4.79 Å². The molecule has 2 aliphatic rings. The SMILES string of the molecule is CC(N)C1CCCCN1C(=O)C1CSc2ccccc21.Cl. The number of rotatable bonds is 2. The van der Waals surface area contributed by atoms with Crippen molar-refractivity contribution in [1.82, 2.24) is 4.90 Å². The van der Waals surface area contributed by atoms with E-state index in [1.165, 1.54) is 16.9 Å². The van der Waals surface area contributed by atoms with E-state index in [0.717, 1.165) is 25.1 Å². The van der Waals surface area contributed by atoms with E-state index in [-0.39, 0.29) is 36.3 Å². The summed E-state index contributed by atoms with van der Waals surface area (Å²) in [5.74, 6) is 1.18. The van der Waals surface area contributed by atoms with Crippen molar-refractivity contribution in [1.29, 1.82) is 0 Å². The van der Waals surface area contributed by atoms with Crippen LogP contribution in [0.15, 0.2) is 29.2 Å². The zero-order valence-corrected chi connectivity index (χ0v) is 14.0. The highest BCUT2D eigenvalue weighted by atomic mass is 35.5. The van der Waals surface area contributed by atoms with Crippen LogP contribution < -0.4 is 5.73 Å². The number of hydrogen-bond donors (Lipinski definition) is 1. The lowest BCUT2D eigenvalue weighted by atomic mass is 9.93. The molecule has 21 heavy (non-hydrogen) atoms. The number of nitrogens with zero attached hydrogens (tertiary/aromatic N) is 1. The number of fused-ring (bicyclic) bond motifs is 1. The van der Waals surface area contributed by atoms with Gasteiger partial charge in [-0.05, 0) is 37.8 Å². The fourth-order valence-corrected chi connectivity index (χ4v) is 4.56. The maximum Gasteiger partial charge on any atom is 0.231 e. The maximum atomic E-state index is 12.9. The highest BCUT2D eigenvalue weighted by Gasteiger charge is 2.36. The molecule has 1 fully saturated rings. The molecule has 3 nitrogen and oxygen atoms in total. The number of carbonyl (C=O) groups excluding carboxylic acids is 1. The Morgan fingerprint density at radius 3 is 2.90 bits per heavy atom. The van der Waals surface area contributed by atoms with E-state index in [1.54, 1.807) is 11.8 Å². The van der Waals surface area contributed by atoms with Crippen molar-refractivity contribution in [2.75, 3.05) is 12.3 Å². The van der Waals surface area contributed by atoms with Gasteiger partial charge in [0.05, 0.1) is 5.92 Å². The molecule has 0 aromatic heterocycles. The van der Waals surface area contributed by atoms with Crippen molar-refractivity contribution in [3.8, 4) is 0 Å². The molecule has 0 spiro atoms. The Morgan fingerprint density at radius 1 is 1.38 bits per heavy atom. The Balaban J connectivity index is 0.00000161. The molecule has 3 unspecified atom stereocenters. The summed E-state index contributed by atoms with van der Waals surface area (Å²) in [4.78, 5) is 16.3. The van der Waals surface area contributed by atoms with E-state index >= 15 is 0 Å². The topological polar surface area (TPSA) is 46.3 Å². The van der Waals surface area contributed by atoms with E-state index in [1.807, 2.05) is 19.1 Å². The summed E-state index contributed by atoms with van der Waals surface area (Å²) in [6.07, 6.45) is 3.34. The van der Waals surface area contributed by atoms with Gasteiger partial charge in [0.2, 0.25) is 5.91 Å². The second-order valence-corrected chi connectivity index (χ2v) is 6.92. The molecule has 116 valence electrons. The van der Waals surface area contributed by atoms with Crippen LogP contribution in [-0.4, -0.2) is 35.2 Å². The monoisotopic (exact) mass is 326 g/mol. The van der Waals surface area contributed by atoms with Crippen molar-refractivity contribution >= 4 is 30.1 Å². The first-order valence-electron chi connectivity index (χ1n) is 7.46. The molecule has 2 heterocycles. The number of piperidine rings is 1. The molecule has 0 bridgehead atoms. The fraction of sp³-hybridized carbons (Fsp3) is 0.562. The lowest BCUT2D eigenvalue weighted by Gasteiger charge is -2.39. The van der Waals surface area contributed by atoms with Crippen molar-refractivity contribution in [2.24, 2.45) is 5.73 Å². The number of benzene rings is 1. The minimum atomic E-state index is 0. The number of likely N-dealkylation sites (tertiary alicyclic amines) is 1. The molecule has 0 radical (unpaired) electrons. The average molecular weight is 327 g/mol. The van der Waals surface area contributed by atoms with Gasteiger partial charge in [-0.1, -0.05) is 18.2 Å². The summed E-state index contributed by atoms with van der Waals surface area (Å²) in [6.45, 7) is 2.89. The molecule has 5 heteroatoms. The van der Waals surface area contributed by atoms with Crippen LogP contribution in [0.3, 0.4) is 0 Å². The third-order valence-electron chi connectivity index (χ3n) is 4.44. The summed E-state index contributed by atoms with van der Waals surface area (Å²) >= 11 is 1.80. The van der Waals surface area contributed by atoms with Crippen molar-refractivity contribution in [3.05, 3.63) is 29.8 Å². The first-order chi connectivity index (χ1) is 9.68. The predicted octanol–water partition coefficient (Wildman–Crippen LogP) is 3.03. The summed E-state index contributed by atoms with van der Waals surface area (Å²) in [6, 6.07) is 8.57. The molecule has 0 saturated carbocycles. The Kier molecular flexibility index (Phi) is 5.58. The molecule has 1 aromatic rings. The van der Waals surface area contributed by atoms with Crippen LogP contribution in [0.1, 0.15) is 37.7 Å². The van der Waals surface area contributed by atoms with Crippen molar-refractivity contribution < 1.29 is 4.79 Å². The van der Waals surface area contributed by atoms with Crippen LogP contribution >= 0.6 is 24.2 Å². The largest absolute Gasteiger partial charge is 0.338 e. The van der Waals surface area contributed by atoms with Gasteiger partial charge in [-0.3, -0.25) is 4.79 Å². The van der Waals surface area contributed by atoms with Gasteiger partial charge in [-0.25, -0.2) is 0 Å². The van der Waals surface area contributed by atoms with Gasteiger partial charge in [-0.2, -0.15) is 0 Å². The standard InChI is InChI=1S/C16H22N2OS.ClH/c1-11(17)14-7-4-5-9-18(14)16(19)13-10-20-15-8-3-2-6-12(13)15;/h2-3,6,8,11,13-14H,4-5,7,9-10,17H2,1H3;1H. The van der Waals surface area contributed by atoms with Gasteiger partial charge >= 0.3 is 0 Å². The van der Waals surface area contributed by atoms with Gasteiger partial charge in [0.1, 0.15) is 0 Å². The predicted molar refractivity (Wildman–Crippen MR) is 90.2 cm³/mol. The van der Waals surface area contributed by atoms with Crippen molar-refractivity contribution in [3.63, 3.8) is 0 Å². The second-order valence-electron chi connectivity index (χ2n) is 5.86. The van der Waals surface area contributed by atoms with Crippen LogP contribution in [0.5, 0.6) is 0 Å². The van der Waals surface area contributed by atoms with Crippen LogP contribution in [0.4, 0.5) is 0 Å². The molecule has 1 amide bonds. The van der Waals surface area contributed by atoms with E-state index in [0.29, 0.717) is 0 Å². The van der Waals surface area contributed by atoms with E-state index < -0.39 is 0 Å². The molecular weight excluding hydrogens is 304 g/mol. The molecule has 3 atom stereocenters. The van der Waals surface area contributed by atoms with Gasteiger partial charge in [0, 0.05) is 29.3 Å². The molecule has 1 aromatic carbocycles. The van der Waals surface area contributed by atoms with Gasteiger partial charge < -0.3 is 10.6 Å². The van der Waals surface area contributed by atoms with Crippen molar-refractivity contribution in [2.45, 2.75) is 49.1 Å². The third kappa shape index (κ3) is 3.22. The zero-order chi connectivity index (χ0) is 14.1. The molecule has 1 saturated heterocycles. The lowest BCUT2D eigenvalue weighted by molar-refractivity contribution is -0.136. The summed E-state index contributed by atoms with van der Waals surface area (Å²) in [7, 11) is 0. The average Bonchev–Trinajstić information content (AvgIpc) is 2.90. The van der Waals surface area contributed by atoms with Gasteiger partial charge in [-0.15, -0.1) is 24.2 Å². The van der Waals surface area contributed by atoms with E-state index in [2.05, 4.69) is 17.0 Å². The second kappa shape index (κ2) is 7.03. The first kappa shape index (κ1) is 16.7. The number of halogens is 1. The quantitative estimate of drug-likeness (QED) is 0.908. The summed E-state index contributed by atoms with van der Waals surface area (Å²) in [5.41, 5.74) is 7.29. The minimum absolute atomic E-state index is 0. The first-order valence-corrected chi connectivity index (χ1v) is 8.45. The number of carbonyl (C=O) groups is 1. The van der Waals surface area contributed by atoms with E-state index in [4.69, 9.17) is 5.73 Å². The molecule has 0 aliphatic carbocycles. The normalized spacial score (nSPS) is 25.9. The highest BCUT2D eigenvalue weighted by Crippen LogP contribution is 2.41. The third-order valence-corrected chi connectivity index (χ3v) is 5.62. The zero-order valence-electron chi connectivity index (χ0n) is 12.3. The van der Waals surface area contributed by atoms with Crippen LogP contribution in [0, 0.1) is 0 Å². The Labute approximate surface area is 137 Å². The Hall–Kier alpha value is -0.710. The number of thioether (sulfide) groups is 1. The number of nitrogens with two attached hydrogens (primary N) is 1. The maximum absolute atomic E-state index is 12.9. The van der Waals surface area contributed by atoms with Crippen LogP contribution in [-0.2, 0) is 4.79 Å². The van der Waals surface area contributed by atoms with Crippen LogP contribution in [0.2, 0.25) is 0 Å². The molecule has 3 rings (SSSR count). The molecular formula is C16H23ClN2OS. The molecule has 2 aliphatic heterocycles. The Bertz CT molecular complexity index is 509. The number of hydrogen-bond acceptors (Lipinski definition) is 3. The van der Waals surface area contributed by atoms with Crippen LogP contribution in [0.25, 0.3) is 0 Å². The Morgan fingerprint density at radius 2 is 2.14 bits per heavy atom.